The summed E-state index contributed by atoms with van der Waals surface area (Å²) in [5.74, 6) is -0.0709. The Bertz CT molecular complexity index is 1230. The third-order valence-corrected chi connectivity index (χ3v) is 5.85. The second kappa shape index (κ2) is 8.20. The van der Waals surface area contributed by atoms with Crippen LogP contribution < -0.4 is 5.32 Å². The van der Waals surface area contributed by atoms with Crippen LogP contribution in [0.2, 0.25) is 0 Å². The molecular formula is C25H28N4O. The molecule has 0 saturated heterocycles. The number of rotatable bonds is 7. The third-order valence-electron chi connectivity index (χ3n) is 5.85. The highest BCUT2D eigenvalue weighted by Gasteiger charge is 2.11. The first-order valence-electron chi connectivity index (χ1n) is 10.2. The number of fused-ring (bicyclic) bond motifs is 2. The van der Waals surface area contributed by atoms with E-state index in [0.29, 0.717) is 6.54 Å². The number of hydrogen-bond donors (Lipinski definition) is 1. The number of amides is 1. The van der Waals surface area contributed by atoms with Crippen LogP contribution in [-0.4, -0.2) is 27.0 Å². The molecule has 0 bridgehead atoms. The van der Waals surface area contributed by atoms with E-state index in [1.165, 1.54) is 39.1 Å². The van der Waals surface area contributed by atoms with Crippen molar-refractivity contribution in [3.63, 3.8) is 0 Å². The maximum atomic E-state index is 11.8. The molecule has 1 N–H and O–H groups in total. The van der Waals surface area contributed by atoms with E-state index in [1.54, 1.807) is 11.9 Å². The van der Waals surface area contributed by atoms with Crippen LogP contribution in [0.4, 0.5) is 0 Å². The van der Waals surface area contributed by atoms with Gasteiger partial charge in [-0.3, -0.25) is 4.79 Å². The summed E-state index contributed by atoms with van der Waals surface area (Å²) in [5, 5.41) is 6.03. The molecular weight excluding hydrogens is 372 g/mol. The number of nitrogens with zero attached hydrogens (tertiary/aromatic N) is 3. The van der Waals surface area contributed by atoms with E-state index in [9.17, 15) is 4.79 Å². The monoisotopic (exact) mass is 400 g/mol. The Morgan fingerprint density at radius 2 is 1.67 bits per heavy atom. The molecule has 0 spiro atoms. The lowest BCUT2D eigenvalue weighted by Crippen LogP contribution is -2.24. The Kier molecular flexibility index (Phi) is 5.46. The Morgan fingerprint density at radius 3 is 2.43 bits per heavy atom. The SMILES string of the molecule is C=CC(=O)N(C)Cc1cc2ccc(CNCc3cc4ccccc4n3C)cc2n1C. The summed E-state index contributed by atoms with van der Waals surface area (Å²) in [6.07, 6.45) is 1.35. The van der Waals surface area contributed by atoms with Crippen LogP contribution in [0.25, 0.3) is 21.8 Å². The van der Waals surface area contributed by atoms with E-state index < -0.39 is 0 Å². The number of aryl methyl sites for hydroxylation is 2. The summed E-state index contributed by atoms with van der Waals surface area (Å²) in [7, 11) is 5.96. The van der Waals surface area contributed by atoms with E-state index in [0.717, 1.165) is 18.8 Å². The Morgan fingerprint density at radius 1 is 0.967 bits per heavy atom. The van der Waals surface area contributed by atoms with E-state index in [1.807, 2.05) is 0 Å². The minimum atomic E-state index is -0.0709. The normalized spacial score (nSPS) is 11.3. The zero-order chi connectivity index (χ0) is 21.3. The molecule has 0 aliphatic rings. The summed E-state index contributed by atoms with van der Waals surface area (Å²) >= 11 is 0. The van der Waals surface area contributed by atoms with Crippen molar-refractivity contribution in [3.05, 3.63) is 84.2 Å². The molecule has 5 heteroatoms. The summed E-state index contributed by atoms with van der Waals surface area (Å²) in [6, 6.07) is 19.4. The van der Waals surface area contributed by atoms with Crippen LogP contribution in [-0.2, 0) is 38.5 Å². The molecule has 30 heavy (non-hydrogen) atoms. The fourth-order valence-electron chi connectivity index (χ4n) is 4.02. The van der Waals surface area contributed by atoms with Crippen LogP contribution in [0.3, 0.4) is 0 Å². The van der Waals surface area contributed by atoms with Crippen molar-refractivity contribution in [2.75, 3.05) is 7.05 Å². The number of para-hydroxylation sites is 1. The fourth-order valence-corrected chi connectivity index (χ4v) is 4.02. The van der Waals surface area contributed by atoms with Crippen molar-refractivity contribution in [1.29, 1.82) is 0 Å². The quantitative estimate of drug-likeness (QED) is 0.475. The lowest BCUT2D eigenvalue weighted by atomic mass is 10.1. The molecule has 5 nitrogen and oxygen atoms in total. The van der Waals surface area contributed by atoms with Gasteiger partial charge in [-0.25, -0.2) is 0 Å². The van der Waals surface area contributed by atoms with Gasteiger partial charge in [-0.05, 0) is 46.7 Å². The van der Waals surface area contributed by atoms with Gasteiger partial charge in [0, 0.05) is 56.7 Å². The van der Waals surface area contributed by atoms with Crippen LogP contribution in [0.15, 0.2) is 67.3 Å². The zero-order valence-electron chi connectivity index (χ0n) is 17.9. The maximum absolute atomic E-state index is 11.8. The molecule has 0 aliphatic heterocycles. The fraction of sp³-hybridized carbons (Fsp3) is 0.240. The second-order valence-electron chi connectivity index (χ2n) is 7.84. The number of aromatic nitrogens is 2. The standard InChI is InChI=1S/C25H28N4O/c1-5-25(30)27(2)17-22-14-20-11-10-18(12-24(20)29(22)4)15-26-16-21-13-19-8-6-7-9-23(19)28(21)3/h5-14,26H,1,15-17H2,2-4H3. The molecule has 0 unspecified atom stereocenters. The molecule has 2 aromatic heterocycles. The van der Waals surface area contributed by atoms with E-state index in [-0.39, 0.29) is 5.91 Å². The molecule has 1 amide bonds. The minimum absolute atomic E-state index is 0.0709. The summed E-state index contributed by atoms with van der Waals surface area (Å²) in [6.45, 7) is 5.74. The van der Waals surface area contributed by atoms with Crippen LogP contribution in [0, 0.1) is 0 Å². The minimum Gasteiger partial charge on any atom is -0.346 e. The molecule has 2 aromatic carbocycles. The number of carbonyl (C=O) groups excluding carboxylic acids is 1. The molecule has 2 heterocycles. The van der Waals surface area contributed by atoms with E-state index >= 15 is 0 Å². The topological polar surface area (TPSA) is 42.2 Å². The first-order valence-corrected chi connectivity index (χ1v) is 10.2. The highest BCUT2D eigenvalue weighted by atomic mass is 16.2. The summed E-state index contributed by atoms with van der Waals surface area (Å²) in [4.78, 5) is 13.5. The molecule has 0 aliphatic carbocycles. The second-order valence-corrected chi connectivity index (χ2v) is 7.84. The lowest BCUT2D eigenvalue weighted by Gasteiger charge is -2.15. The molecule has 154 valence electrons. The Labute approximate surface area is 177 Å². The van der Waals surface area contributed by atoms with Crippen molar-refractivity contribution >= 4 is 27.7 Å². The van der Waals surface area contributed by atoms with Crippen molar-refractivity contribution in [2.45, 2.75) is 19.6 Å². The molecule has 4 aromatic rings. The van der Waals surface area contributed by atoms with Gasteiger partial charge in [0.2, 0.25) is 5.91 Å². The Balaban J connectivity index is 1.46. The maximum Gasteiger partial charge on any atom is 0.246 e. The van der Waals surface area contributed by atoms with Gasteiger partial charge in [0.15, 0.2) is 0 Å². The van der Waals surface area contributed by atoms with Crippen LogP contribution in [0.1, 0.15) is 17.0 Å². The predicted octanol–water partition coefficient (Wildman–Crippen LogP) is 4.10. The van der Waals surface area contributed by atoms with Gasteiger partial charge in [0.25, 0.3) is 0 Å². The first-order chi connectivity index (χ1) is 14.5. The largest absolute Gasteiger partial charge is 0.346 e. The van der Waals surface area contributed by atoms with Crippen molar-refractivity contribution in [1.82, 2.24) is 19.4 Å². The molecule has 0 fully saturated rings. The van der Waals surface area contributed by atoms with Gasteiger partial charge in [-0.1, -0.05) is 36.9 Å². The Hall–Kier alpha value is -3.31. The van der Waals surface area contributed by atoms with Gasteiger partial charge in [0.1, 0.15) is 0 Å². The summed E-state index contributed by atoms with van der Waals surface area (Å²) < 4.78 is 4.41. The zero-order valence-corrected chi connectivity index (χ0v) is 17.9. The van der Waals surface area contributed by atoms with Gasteiger partial charge >= 0.3 is 0 Å². The number of nitrogens with one attached hydrogen (secondary N) is 1. The van der Waals surface area contributed by atoms with Crippen molar-refractivity contribution < 1.29 is 4.79 Å². The smallest absolute Gasteiger partial charge is 0.246 e. The predicted molar refractivity (Wildman–Crippen MR) is 123 cm³/mol. The van der Waals surface area contributed by atoms with E-state index in [4.69, 9.17) is 0 Å². The highest BCUT2D eigenvalue weighted by molar-refractivity contribution is 5.87. The molecule has 0 radical (unpaired) electrons. The molecule has 0 atom stereocenters. The lowest BCUT2D eigenvalue weighted by molar-refractivity contribution is -0.125. The van der Waals surface area contributed by atoms with Crippen molar-refractivity contribution in [2.24, 2.45) is 14.1 Å². The average molecular weight is 401 g/mol. The first kappa shape index (κ1) is 20.0. The van der Waals surface area contributed by atoms with Gasteiger partial charge in [-0.15, -0.1) is 0 Å². The van der Waals surface area contributed by atoms with Crippen LogP contribution in [0.5, 0.6) is 0 Å². The van der Waals surface area contributed by atoms with Crippen LogP contribution >= 0.6 is 0 Å². The summed E-state index contributed by atoms with van der Waals surface area (Å²) in [5.41, 5.74) is 6.04. The number of carbonyl (C=O) groups is 1. The molecule has 0 saturated carbocycles. The van der Waals surface area contributed by atoms with Gasteiger partial charge in [0.05, 0.1) is 6.54 Å². The van der Waals surface area contributed by atoms with E-state index in [2.05, 4.69) is 89.7 Å². The number of hydrogen-bond acceptors (Lipinski definition) is 2. The highest BCUT2D eigenvalue weighted by Crippen LogP contribution is 2.22. The van der Waals surface area contributed by atoms with Gasteiger partial charge in [-0.2, -0.15) is 0 Å². The molecule has 4 rings (SSSR count). The third kappa shape index (κ3) is 3.76. The number of benzene rings is 2. The van der Waals surface area contributed by atoms with Gasteiger partial charge < -0.3 is 19.4 Å². The van der Waals surface area contributed by atoms with Crippen molar-refractivity contribution in [3.8, 4) is 0 Å². The average Bonchev–Trinajstić information content (AvgIpc) is 3.24. The number of likely N-dealkylation sites (N-methyl/N-ethyl adjacent to an activating group) is 1.